The molecule has 6 nitrogen and oxygen atoms in total. The second kappa shape index (κ2) is 11.9. The number of hydrogen-bond acceptors (Lipinski definition) is 6. The summed E-state index contributed by atoms with van der Waals surface area (Å²) < 4.78 is 23.3. The minimum absolute atomic E-state index is 0.00851. The molecule has 0 amide bonds. The van der Waals surface area contributed by atoms with E-state index in [0.29, 0.717) is 17.7 Å². The lowest BCUT2D eigenvalue weighted by atomic mass is 10.00. The lowest BCUT2D eigenvalue weighted by molar-refractivity contribution is -0.0188. The van der Waals surface area contributed by atoms with Crippen molar-refractivity contribution in [1.82, 2.24) is 0 Å². The van der Waals surface area contributed by atoms with Crippen LogP contribution in [0.3, 0.4) is 0 Å². The molecule has 0 aliphatic carbocycles. The fraction of sp³-hybridized carbons (Fsp3) is 0.259. The minimum atomic E-state index is -0.621. The van der Waals surface area contributed by atoms with Crippen LogP contribution in [0, 0.1) is 5.92 Å². The number of alkyl halides is 1. The van der Waals surface area contributed by atoms with Crippen LogP contribution in [0.15, 0.2) is 91.0 Å². The zero-order valence-corrected chi connectivity index (χ0v) is 20.0. The smallest absolute Gasteiger partial charge is 0.338 e. The van der Waals surface area contributed by atoms with Gasteiger partial charge in [0.1, 0.15) is 23.8 Å². The molecule has 1 aliphatic heterocycles. The summed E-state index contributed by atoms with van der Waals surface area (Å²) in [6, 6.07) is 27.3. The van der Waals surface area contributed by atoms with E-state index in [1.807, 2.05) is 42.5 Å². The normalized spacial score (nSPS) is 21.7. The van der Waals surface area contributed by atoms with E-state index < -0.39 is 29.2 Å². The van der Waals surface area contributed by atoms with E-state index in [1.54, 1.807) is 48.5 Å². The Bertz CT molecular complexity index is 1060. The van der Waals surface area contributed by atoms with E-state index in [2.05, 4.69) is 15.9 Å². The molecular weight excluding hydrogens is 500 g/mol. The first kappa shape index (κ1) is 24.1. The summed E-state index contributed by atoms with van der Waals surface area (Å²) >= 11 is 3.48. The Kier molecular flexibility index (Phi) is 8.46. The topological polar surface area (TPSA) is 71.1 Å². The molecule has 0 spiro atoms. The first-order valence-corrected chi connectivity index (χ1v) is 11.9. The van der Waals surface area contributed by atoms with Gasteiger partial charge in [-0.1, -0.05) is 82.7 Å². The summed E-state index contributed by atoms with van der Waals surface area (Å²) in [6.45, 7) is 0.673. The SMILES string of the molecule is O=C(OC[C@H]1O[C@@H](Br)C(OC(=O)c2ccccc2)[C@H]1COCc1ccccc1)c1ccccc1. The maximum atomic E-state index is 12.7. The summed E-state index contributed by atoms with van der Waals surface area (Å²) in [5.74, 6) is -1.23. The monoisotopic (exact) mass is 524 g/mol. The van der Waals surface area contributed by atoms with Crippen molar-refractivity contribution in [3.05, 3.63) is 108 Å². The molecule has 0 saturated carbocycles. The largest absolute Gasteiger partial charge is 0.459 e. The molecule has 1 aliphatic rings. The van der Waals surface area contributed by atoms with Gasteiger partial charge in [0.05, 0.1) is 30.3 Å². The van der Waals surface area contributed by atoms with Crippen molar-refractivity contribution < 1.29 is 28.5 Å². The van der Waals surface area contributed by atoms with Crippen molar-refractivity contribution >= 4 is 27.9 Å². The van der Waals surface area contributed by atoms with Crippen LogP contribution in [0.2, 0.25) is 0 Å². The first-order valence-electron chi connectivity index (χ1n) is 11.0. The molecule has 0 radical (unpaired) electrons. The van der Waals surface area contributed by atoms with Crippen LogP contribution in [0.1, 0.15) is 26.3 Å². The van der Waals surface area contributed by atoms with Gasteiger partial charge in [0.25, 0.3) is 0 Å². The number of ether oxygens (including phenoxy) is 4. The summed E-state index contributed by atoms with van der Waals surface area (Å²) in [4.78, 5) is 25.1. The predicted molar refractivity (Wildman–Crippen MR) is 130 cm³/mol. The van der Waals surface area contributed by atoms with Gasteiger partial charge in [0.15, 0.2) is 0 Å². The van der Waals surface area contributed by atoms with Crippen LogP contribution < -0.4 is 0 Å². The Morgan fingerprint density at radius 2 is 1.32 bits per heavy atom. The molecule has 4 rings (SSSR count). The van der Waals surface area contributed by atoms with Crippen molar-refractivity contribution in [2.45, 2.75) is 23.8 Å². The molecule has 1 heterocycles. The number of carbonyl (C=O) groups is 2. The van der Waals surface area contributed by atoms with Crippen LogP contribution in [0.4, 0.5) is 0 Å². The van der Waals surface area contributed by atoms with Gasteiger partial charge in [0, 0.05) is 0 Å². The molecule has 3 aromatic rings. The fourth-order valence-corrected chi connectivity index (χ4v) is 4.50. The van der Waals surface area contributed by atoms with Crippen LogP contribution in [0.25, 0.3) is 0 Å². The highest BCUT2D eigenvalue weighted by atomic mass is 79.9. The summed E-state index contributed by atoms with van der Waals surface area (Å²) in [6.07, 6.45) is -1.13. The molecule has 1 saturated heterocycles. The van der Waals surface area contributed by atoms with Gasteiger partial charge in [-0.2, -0.15) is 0 Å². The number of hydrogen-bond donors (Lipinski definition) is 0. The number of benzene rings is 3. The van der Waals surface area contributed by atoms with Crippen LogP contribution in [-0.2, 0) is 25.6 Å². The van der Waals surface area contributed by atoms with E-state index in [0.717, 1.165) is 5.56 Å². The van der Waals surface area contributed by atoms with Gasteiger partial charge in [-0.3, -0.25) is 0 Å². The second-order valence-electron chi connectivity index (χ2n) is 7.89. The van der Waals surface area contributed by atoms with Crippen molar-refractivity contribution in [3.8, 4) is 0 Å². The Hall–Kier alpha value is -3.00. The van der Waals surface area contributed by atoms with Crippen molar-refractivity contribution in [3.63, 3.8) is 0 Å². The highest BCUT2D eigenvalue weighted by molar-refractivity contribution is 9.09. The Balaban J connectivity index is 1.43. The summed E-state index contributed by atoms with van der Waals surface area (Å²) in [7, 11) is 0. The molecule has 0 N–H and O–H groups in total. The molecule has 3 aromatic carbocycles. The number of esters is 2. The quantitative estimate of drug-likeness (QED) is 0.289. The molecule has 7 heteroatoms. The van der Waals surface area contributed by atoms with Crippen molar-refractivity contribution in [1.29, 1.82) is 0 Å². The number of halogens is 1. The second-order valence-corrected chi connectivity index (χ2v) is 8.79. The van der Waals surface area contributed by atoms with Crippen LogP contribution in [-0.4, -0.2) is 42.4 Å². The maximum absolute atomic E-state index is 12.7. The van der Waals surface area contributed by atoms with Crippen LogP contribution >= 0.6 is 15.9 Å². The third-order valence-electron chi connectivity index (χ3n) is 5.53. The zero-order chi connectivity index (χ0) is 23.8. The van der Waals surface area contributed by atoms with Crippen LogP contribution in [0.5, 0.6) is 0 Å². The Morgan fingerprint density at radius 3 is 1.94 bits per heavy atom. The minimum Gasteiger partial charge on any atom is -0.459 e. The highest BCUT2D eigenvalue weighted by Gasteiger charge is 2.46. The van der Waals surface area contributed by atoms with Gasteiger partial charge in [-0.15, -0.1) is 0 Å². The fourth-order valence-electron chi connectivity index (χ4n) is 3.73. The maximum Gasteiger partial charge on any atom is 0.338 e. The van der Waals surface area contributed by atoms with Gasteiger partial charge >= 0.3 is 11.9 Å². The lowest BCUT2D eigenvalue weighted by Gasteiger charge is -2.23. The van der Waals surface area contributed by atoms with Gasteiger partial charge < -0.3 is 18.9 Å². The molecule has 1 fully saturated rings. The Morgan fingerprint density at radius 1 is 0.765 bits per heavy atom. The highest BCUT2D eigenvalue weighted by Crippen LogP contribution is 2.34. The Labute approximate surface area is 206 Å². The van der Waals surface area contributed by atoms with Crippen molar-refractivity contribution in [2.24, 2.45) is 5.92 Å². The lowest BCUT2D eigenvalue weighted by Crippen LogP contribution is -2.36. The molecule has 176 valence electrons. The van der Waals surface area contributed by atoms with E-state index in [9.17, 15) is 9.59 Å². The summed E-state index contributed by atoms with van der Waals surface area (Å²) in [5.41, 5.74) is 1.94. The van der Waals surface area contributed by atoms with E-state index >= 15 is 0 Å². The van der Waals surface area contributed by atoms with E-state index in [-0.39, 0.29) is 19.1 Å². The molecule has 34 heavy (non-hydrogen) atoms. The predicted octanol–water partition coefficient (Wildman–Crippen LogP) is 5.02. The first-order chi connectivity index (χ1) is 16.6. The van der Waals surface area contributed by atoms with Gasteiger partial charge in [0.2, 0.25) is 0 Å². The van der Waals surface area contributed by atoms with Gasteiger partial charge in [-0.05, 0) is 29.8 Å². The average molecular weight is 525 g/mol. The standard InChI is InChI=1S/C27H25BrO6/c28-25-24(34-27(30)21-14-8-3-9-15-21)22(17-31-16-19-10-4-1-5-11-19)23(33-25)18-32-26(29)20-12-6-2-7-13-20/h1-15,22-25H,16-18H2/t22-,23+,24?,25+/m0/s1. The van der Waals surface area contributed by atoms with Crippen molar-refractivity contribution in [2.75, 3.05) is 13.2 Å². The number of carbonyl (C=O) groups excluding carboxylic acids is 2. The average Bonchev–Trinajstić information content (AvgIpc) is 3.18. The molecule has 0 bridgehead atoms. The van der Waals surface area contributed by atoms with E-state index in [1.165, 1.54) is 0 Å². The molecule has 0 aromatic heterocycles. The van der Waals surface area contributed by atoms with Gasteiger partial charge in [-0.25, -0.2) is 9.59 Å². The number of rotatable bonds is 9. The third kappa shape index (κ3) is 6.32. The zero-order valence-electron chi connectivity index (χ0n) is 18.4. The summed E-state index contributed by atoms with van der Waals surface area (Å²) in [5, 5.41) is -0.564. The third-order valence-corrected chi connectivity index (χ3v) is 6.26. The molecular formula is C27H25BrO6. The molecule has 1 unspecified atom stereocenters. The molecule has 4 atom stereocenters. The van der Waals surface area contributed by atoms with E-state index in [4.69, 9.17) is 18.9 Å².